The van der Waals surface area contributed by atoms with Gasteiger partial charge in [-0.3, -0.25) is 4.79 Å². The maximum absolute atomic E-state index is 12.1. The average Bonchev–Trinajstić information content (AvgIpc) is 2.89. The molecule has 1 heterocycles. The summed E-state index contributed by atoms with van der Waals surface area (Å²) in [6.07, 6.45) is 0.777. The topological polar surface area (TPSA) is 69.0 Å². The van der Waals surface area contributed by atoms with Gasteiger partial charge < -0.3 is 10.1 Å². The molecule has 1 aromatic carbocycles. The number of nitrogens with zero attached hydrogens (tertiary/aromatic N) is 3. The molecule has 0 radical (unpaired) electrons. The first kappa shape index (κ1) is 16.6. The average molecular weight is 367 g/mol. The Morgan fingerprint density at radius 2 is 2.09 bits per heavy atom. The van der Waals surface area contributed by atoms with Crippen molar-refractivity contribution in [3.8, 4) is 5.69 Å². The second-order valence-electron chi connectivity index (χ2n) is 4.72. The molecule has 118 valence electrons. The number of halogens is 1. The van der Waals surface area contributed by atoms with E-state index in [4.69, 9.17) is 4.74 Å². The van der Waals surface area contributed by atoms with Crippen LogP contribution in [0.4, 0.5) is 0 Å². The zero-order valence-corrected chi connectivity index (χ0v) is 14.3. The lowest BCUT2D eigenvalue weighted by molar-refractivity contribution is 0.0938. The van der Waals surface area contributed by atoms with Crippen LogP contribution in [0.2, 0.25) is 0 Å². The lowest BCUT2D eigenvalue weighted by Gasteiger charge is -2.05. The van der Waals surface area contributed by atoms with Crippen LogP contribution in [0.15, 0.2) is 28.7 Å². The molecule has 0 spiro atoms. The summed E-state index contributed by atoms with van der Waals surface area (Å²) in [5.41, 5.74) is 1.92. The number of carbonyl (C=O) groups excluding carboxylic acids is 1. The number of hydrogen-bond donors (Lipinski definition) is 1. The molecular formula is C15H19BrN4O2. The Balaban J connectivity index is 2.01. The Morgan fingerprint density at radius 1 is 1.36 bits per heavy atom. The van der Waals surface area contributed by atoms with Gasteiger partial charge in [0.1, 0.15) is 0 Å². The molecule has 1 aromatic heterocycles. The Bertz CT molecular complexity index is 625. The predicted octanol–water partition coefficient (Wildman–Crippen LogP) is 2.49. The summed E-state index contributed by atoms with van der Waals surface area (Å²) in [4.78, 5) is 12.1. The molecule has 2 aromatic rings. The summed E-state index contributed by atoms with van der Waals surface area (Å²) in [6.45, 7) is 5.67. The molecule has 1 N–H and O–H groups in total. The molecule has 0 aliphatic rings. The third-order valence-electron chi connectivity index (χ3n) is 3.14. The lowest BCUT2D eigenvalue weighted by atomic mass is 10.3. The largest absolute Gasteiger partial charge is 0.382 e. The quantitative estimate of drug-likeness (QED) is 0.764. The zero-order chi connectivity index (χ0) is 15.9. The first-order valence-corrected chi connectivity index (χ1v) is 7.97. The predicted molar refractivity (Wildman–Crippen MR) is 87.2 cm³/mol. The minimum atomic E-state index is -0.211. The number of hydrogen-bond acceptors (Lipinski definition) is 4. The summed E-state index contributed by atoms with van der Waals surface area (Å²) in [5.74, 6) is -0.211. The number of ether oxygens (including phenoxy) is 1. The van der Waals surface area contributed by atoms with Crippen LogP contribution in [0.1, 0.15) is 29.5 Å². The van der Waals surface area contributed by atoms with Crippen molar-refractivity contribution in [3.63, 3.8) is 0 Å². The SMILES string of the molecule is CCOCCCNC(=O)c1nnn(-c2ccc(Br)cc2)c1C. The normalized spacial score (nSPS) is 10.7. The monoisotopic (exact) mass is 366 g/mol. The van der Waals surface area contributed by atoms with Gasteiger partial charge in [-0.05, 0) is 44.5 Å². The summed E-state index contributed by atoms with van der Waals surface area (Å²) >= 11 is 3.39. The van der Waals surface area contributed by atoms with Gasteiger partial charge in [-0.15, -0.1) is 5.10 Å². The molecule has 0 unspecified atom stereocenters. The number of amides is 1. The van der Waals surface area contributed by atoms with Gasteiger partial charge in [0, 0.05) is 24.2 Å². The first-order chi connectivity index (χ1) is 10.6. The van der Waals surface area contributed by atoms with Crippen LogP contribution in [-0.4, -0.2) is 40.7 Å². The highest BCUT2D eigenvalue weighted by Crippen LogP contribution is 2.16. The van der Waals surface area contributed by atoms with Crippen LogP contribution in [0.25, 0.3) is 5.69 Å². The van der Waals surface area contributed by atoms with E-state index < -0.39 is 0 Å². The Hall–Kier alpha value is -1.73. The maximum Gasteiger partial charge on any atom is 0.273 e. The van der Waals surface area contributed by atoms with Crippen molar-refractivity contribution in [1.82, 2.24) is 20.3 Å². The van der Waals surface area contributed by atoms with Crippen molar-refractivity contribution in [2.24, 2.45) is 0 Å². The number of aromatic nitrogens is 3. The van der Waals surface area contributed by atoms with E-state index in [-0.39, 0.29) is 5.91 Å². The Morgan fingerprint density at radius 3 is 2.77 bits per heavy atom. The smallest absolute Gasteiger partial charge is 0.273 e. The minimum Gasteiger partial charge on any atom is -0.382 e. The van der Waals surface area contributed by atoms with Gasteiger partial charge in [0.15, 0.2) is 5.69 Å². The third-order valence-corrected chi connectivity index (χ3v) is 3.66. The summed E-state index contributed by atoms with van der Waals surface area (Å²) in [7, 11) is 0. The van der Waals surface area contributed by atoms with E-state index in [0.29, 0.717) is 31.1 Å². The Kier molecular flexibility index (Phi) is 6.09. The molecule has 0 bridgehead atoms. The van der Waals surface area contributed by atoms with Crippen LogP contribution in [0, 0.1) is 6.92 Å². The molecule has 0 aliphatic carbocycles. The third kappa shape index (κ3) is 4.14. The van der Waals surface area contributed by atoms with Crippen LogP contribution < -0.4 is 5.32 Å². The molecule has 22 heavy (non-hydrogen) atoms. The fraction of sp³-hybridized carbons (Fsp3) is 0.400. The lowest BCUT2D eigenvalue weighted by Crippen LogP contribution is -2.26. The van der Waals surface area contributed by atoms with E-state index in [0.717, 1.165) is 16.6 Å². The van der Waals surface area contributed by atoms with Crippen molar-refractivity contribution in [3.05, 3.63) is 40.1 Å². The number of nitrogens with one attached hydrogen (secondary N) is 1. The van der Waals surface area contributed by atoms with Gasteiger partial charge in [0.2, 0.25) is 0 Å². The molecule has 2 rings (SSSR count). The first-order valence-electron chi connectivity index (χ1n) is 7.17. The van der Waals surface area contributed by atoms with Gasteiger partial charge in [0.25, 0.3) is 5.91 Å². The highest BCUT2D eigenvalue weighted by atomic mass is 79.9. The highest BCUT2D eigenvalue weighted by molar-refractivity contribution is 9.10. The number of benzene rings is 1. The molecule has 0 saturated heterocycles. The fourth-order valence-electron chi connectivity index (χ4n) is 1.97. The maximum atomic E-state index is 12.1. The molecule has 6 nitrogen and oxygen atoms in total. The molecule has 0 aliphatic heterocycles. The molecule has 0 fully saturated rings. The van der Waals surface area contributed by atoms with Crippen LogP contribution in [0.5, 0.6) is 0 Å². The van der Waals surface area contributed by atoms with E-state index >= 15 is 0 Å². The van der Waals surface area contributed by atoms with E-state index in [9.17, 15) is 4.79 Å². The second kappa shape index (κ2) is 8.05. The van der Waals surface area contributed by atoms with E-state index in [2.05, 4.69) is 31.6 Å². The van der Waals surface area contributed by atoms with Crippen molar-refractivity contribution in [2.45, 2.75) is 20.3 Å². The molecule has 0 atom stereocenters. The van der Waals surface area contributed by atoms with Crippen LogP contribution in [-0.2, 0) is 4.74 Å². The zero-order valence-electron chi connectivity index (χ0n) is 12.7. The fourth-order valence-corrected chi connectivity index (χ4v) is 2.24. The van der Waals surface area contributed by atoms with E-state index in [1.54, 1.807) is 4.68 Å². The van der Waals surface area contributed by atoms with Crippen molar-refractivity contribution in [2.75, 3.05) is 19.8 Å². The summed E-state index contributed by atoms with van der Waals surface area (Å²) < 4.78 is 7.87. The second-order valence-corrected chi connectivity index (χ2v) is 5.63. The molecule has 1 amide bonds. The molecule has 0 saturated carbocycles. The summed E-state index contributed by atoms with van der Waals surface area (Å²) in [5, 5.41) is 10.9. The van der Waals surface area contributed by atoms with Gasteiger partial charge in [-0.2, -0.15) is 0 Å². The number of rotatable bonds is 7. The van der Waals surface area contributed by atoms with E-state index in [1.165, 1.54) is 0 Å². The molecule has 7 heteroatoms. The van der Waals surface area contributed by atoms with E-state index in [1.807, 2.05) is 38.1 Å². The highest BCUT2D eigenvalue weighted by Gasteiger charge is 2.16. The van der Waals surface area contributed by atoms with Crippen molar-refractivity contribution < 1.29 is 9.53 Å². The minimum absolute atomic E-state index is 0.211. The van der Waals surface area contributed by atoms with Crippen molar-refractivity contribution in [1.29, 1.82) is 0 Å². The standard InChI is InChI=1S/C15H19BrN4O2/c1-3-22-10-4-9-17-15(21)14-11(2)20(19-18-14)13-7-5-12(16)6-8-13/h5-8H,3-4,9-10H2,1-2H3,(H,17,21). The van der Waals surface area contributed by atoms with Gasteiger partial charge in [-0.25, -0.2) is 4.68 Å². The number of carbonyl (C=O) groups is 1. The van der Waals surface area contributed by atoms with Crippen molar-refractivity contribution >= 4 is 21.8 Å². The van der Waals surface area contributed by atoms with Gasteiger partial charge in [0.05, 0.1) is 11.4 Å². The van der Waals surface area contributed by atoms with Crippen LogP contribution in [0.3, 0.4) is 0 Å². The van der Waals surface area contributed by atoms with Crippen LogP contribution >= 0.6 is 15.9 Å². The molecular weight excluding hydrogens is 348 g/mol. The Labute approximate surface area is 138 Å². The summed E-state index contributed by atoms with van der Waals surface area (Å²) in [6, 6.07) is 7.67. The van der Waals surface area contributed by atoms with Gasteiger partial charge in [-0.1, -0.05) is 21.1 Å². The van der Waals surface area contributed by atoms with Gasteiger partial charge >= 0.3 is 0 Å².